The van der Waals surface area contributed by atoms with Gasteiger partial charge in [-0.25, -0.2) is 9.37 Å². The highest BCUT2D eigenvalue weighted by molar-refractivity contribution is 9.10. The first kappa shape index (κ1) is 13.2. The van der Waals surface area contributed by atoms with Crippen molar-refractivity contribution in [2.24, 2.45) is 0 Å². The van der Waals surface area contributed by atoms with Crippen molar-refractivity contribution in [2.75, 3.05) is 5.32 Å². The predicted octanol–water partition coefficient (Wildman–Crippen LogP) is 3.67. The van der Waals surface area contributed by atoms with Gasteiger partial charge < -0.3 is 5.32 Å². The van der Waals surface area contributed by atoms with Crippen molar-refractivity contribution in [1.29, 1.82) is 0 Å². The topological polar surface area (TPSA) is 42.0 Å². The molecular formula is C12H10BrFN2OS. The van der Waals surface area contributed by atoms with Gasteiger partial charge in [0.1, 0.15) is 5.82 Å². The minimum absolute atomic E-state index is 0.144. The average Bonchev–Trinajstić information content (AvgIpc) is 2.78. The number of benzene rings is 1. The van der Waals surface area contributed by atoms with Crippen LogP contribution >= 0.6 is 27.3 Å². The Morgan fingerprint density at radius 3 is 2.72 bits per heavy atom. The number of amides is 1. The first-order chi connectivity index (χ1) is 8.56. The summed E-state index contributed by atoms with van der Waals surface area (Å²) in [5.74, 6) is -0.425. The van der Waals surface area contributed by atoms with E-state index in [4.69, 9.17) is 0 Å². The predicted molar refractivity (Wildman–Crippen MR) is 74.5 cm³/mol. The number of hydrogen-bond acceptors (Lipinski definition) is 3. The number of hydrogen-bond donors (Lipinski definition) is 1. The smallest absolute Gasteiger partial charge is 0.239 e. The third-order valence-corrected chi connectivity index (χ3v) is 3.41. The summed E-state index contributed by atoms with van der Waals surface area (Å²) >= 11 is 4.52. The van der Waals surface area contributed by atoms with Crippen LogP contribution in [-0.2, 0) is 4.79 Å². The second-order valence-electron chi connectivity index (χ2n) is 3.65. The van der Waals surface area contributed by atoms with E-state index in [9.17, 15) is 9.18 Å². The van der Waals surface area contributed by atoms with Crippen molar-refractivity contribution in [3.8, 4) is 11.3 Å². The molecule has 0 saturated heterocycles. The second-order valence-corrected chi connectivity index (χ2v) is 5.88. The van der Waals surface area contributed by atoms with E-state index in [0.29, 0.717) is 5.13 Å². The van der Waals surface area contributed by atoms with Gasteiger partial charge in [-0.2, -0.15) is 0 Å². The molecular weight excluding hydrogens is 319 g/mol. The number of nitrogens with one attached hydrogen (secondary N) is 1. The van der Waals surface area contributed by atoms with E-state index in [0.717, 1.165) is 11.3 Å². The van der Waals surface area contributed by atoms with E-state index < -0.39 is 0 Å². The molecule has 0 bridgehead atoms. The number of halogens is 2. The number of aromatic nitrogens is 1. The zero-order valence-corrected chi connectivity index (χ0v) is 11.9. The molecule has 0 radical (unpaired) electrons. The van der Waals surface area contributed by atoms with Crippen LogP contribution in [0.2, 0.25) is 0 Å². The lowest BCUT2D eigenvalue weighted by Gasteiger charge is -2.02. The number of carbonyl (C=O) groups excluding carboxylic acids is 1. The SMILES string of the molecule is CC(Br)C(=O)Nc1nc(-c2ccc(F)cc2)cs1. The van der Waals surface area contributed by atoms with Crippen molar-refractivity contribution >= 4 is 38.3 Å². The molecule has 6 heteroatoms. The van der Waals surface area contributed by atoms with E-state index in [1.165, 1.54) is 23.5 Å². The van der Waals surface area contributed by atoms with Gasteiger partial charge in [-0.15, -0.1) is 11.3 Å². The monoisotopic (exact) mass is 328 g/mol. The Kier molecular flexibility index (Phi) is 4.08. The Bertz CT molecular complexity index is 553. The van der Waals surface area contributed by atoms with Crippen LogP contribution in [0, 0.1) is 5.82 Å². The van der Waals surface area contributed by atoms with E-state index >= 15 is 0 Å². The quantitative estimate of drug-likeness (QED) is 0.873. The molecule has 0 saturated carbocycles. The molecule has 1 atom stereocenters. The van der Waals surface area contributed by atoms with E-state index in [1.54, 1.807) is 19.1 Å². The summed E-state index contributed by atoms with van der Waals surface area (Å²) in [6.07, 6.45) is 0. The minimum atomic E-state index is -0.282. The summed E-state index contributed by atoms with van der Waals surface area (Å²) in [6.45, 7) is 1.74. The zero-order chi connectivity index (χ0) is 13.1. The highest BCUT2D eigenvalue weighted by Gasteiger charge is 2.11. The highest BCUT2D eigenvalue weighted by Crippen LogP contribution is 2.25. The van der Waals surface area contributed by atoms with Crippen molar-refractivity contribution in [3.63, 3.8) is 0 Å². The molecule has 1 aromatic heterocycles. The van der Waals surface area contributed by atoms with Crippen LogP contribution in [0.5, 0.6) is 0 Å². The van der Waals surface area contributed by atoms with Gasteiger partial charge in [0.25, 0.3) is 0 Å². The normalized spacial score (nSPS) is 12.2. The van der Waals surface area contributed by atoms with Crippen LogP contribution in [0.3, 0.4) is 0 Å². The Hall–Kier alpha value is -1.27. The number of carbonyl (C=O) groups is 1. The standard InChI is InChI=1S/C12H10BrFN2OS/c1-7(13)11(17)16-12-15-10(6-18-12)8-2-4-9(14)5-3-8/h2-7H,1H3,(H,15,16,17). The lowest BCUT2D eigenvalue weighted by Crippen LogP contribution is -2.19. The molecule has 1 N–H and O–H groups in total. The Morgan fingerprint density at radius 2 is 2.11 bits per heavy atom. The molecule has 0 spiro atoms. The van der Waals surface area contributed by atoms with Gasteiger partial charge in [0.2, 0.25) is 5.91 Å². The fourth-order valence-electron chi connectivity index (χ4n) is 1.29. The third kappa shape index (κ3) is 3.14. The molecule has 2 rings (SSSR count). The summed E-state index contributed by atoms with van der Waals surface area (Å²) in [7, 11) is 0. The van der Waals surface area contributed by atoms with Crippen molar-refractivity contribution in [3.05, 3.63) is 35.5 Å². The fraction of sp³-hybridized carbons (Fsp3) is 0.167. The van der Waals surface area contributed by atoms with Crippen LogP contribution in [-0.4, -0.2) is 15.7 Å². The summed E-state index contributed by atoms with van der Waals surface area (Å²) in [5.41, 5.74) is 1.54. The molecule has 2 aromatic rings. The second kappa shape index (κ2) is 5.58. The lowest BCUT2D eigenvalue weighted by atomic mass is 10.2. The van der Waals surface area contributed by atoms with Gasteiger partial charge in [-0.1, -0.05) is 15.9 Å². The van der Waals surface area contributed by atoms with Gasteiger partial charge in [0.05, 0.1) is 10.5 Å². The number of thiazole rings is 1. The fourth-order valence-corrected chi connectivity index (χ4v) is 2.13. The van der Waals surface area contributed by atoms with Gasteiger partial charge in [-0.3, -0.25) is 4.79 Å². The number of anilines is 1. The Labute approximate surface area is 116 Å². The molecule has 18 heavy (non-hydrogen) atoms. The molecule has 94 valence electrons. The summed E-state index contributed by atoms with van der Waals surface area (Å²) in [6, 6.07) is 6.08. The molecule has 1 amide bonds. The van der Waals surface area contributed by atoms with Gasteiger partial charge >= 0.3 is 0 Å². The Morgan fingerprint density at radius 1 is 1.44 bits per heavy atom. The van der Waals surface area contributed by atoms with Crippen LogP contribution in [0.25, 0.3) is 11.3 Å². The van der Waals surface area contributed by atoms with Crippen molar-refractivity contribution in [1.82, 2.24) is 4.98 Å². The third-order valence-electron chi connectivity index (χ3n) is 2.24. The average molecular weight is 329 g/mol. The molecule has 0 aliphatic heterocycles. The van der Waals surface area contributed by atoms with Gasteiger partial charge in [0, 0.05) is 10.9 Å². The highest BCUT2D eigenvalue weighted by atomic mass is 79.9. The largest absolute Gasteiger partial charge is 0.301 e. The molecule has 0 aliphatic carbocycles. The van der Waals surface area contributed by atoms with Crippen molar-refractivity contribution < 1.29 is 9.18 Å². The molecule has 0 aliphatic rings. The van der Waals surface area contributed by atoms with E-state index in [1.807, 2.05) is 5.38 Å². The van der Waals surface area contributed by atoms with E-state index in [-0.39, 0.29) is 16.6 Å². The van der Waals surface area contributed by atoms with Crippen LogP contribution in [0.1, 0.15) is 6.92 Å². The summed E-state index contributed by atoms with van der Waals surface area (Å²) < 4.78 is 12.8. The molecule has 3 nitrogen and oxygen atoms in total. The molecule has 1 heterocycles. The first-order valence-electron chi connectivity index (χ1n) is 5.22. The summed E-state index contributed by atoms with van der Waals surface area (Å²) in [5, 5.41) is 5.04. The first-order valence-corrected chi connectivity index (χ1v) is 7.02. The Balaban J connectivity index is 2.15. The van der Waals surface area contributed by atoms with Crippen molar-refractivity contribution in [2.45, 2.75) is 11.8 Å². The van der Waals surface area contributed by atoms with Gasteiger partial charge in [0.15, 0.2) is 5.13 Å². The maximum Gasteiger partial charge on any atom is 0.239 e. The van der Waals surface area contributed by atoms with Crippen LogP contribution in [0.4, 0.5) is 9.52 Å². The number of nitrogens with zero attached hydrogens (tertiary/aromatic N) is 1. The number of rotatable bonds is 3. The van der Waals surface area contributed by atoms with E-state index in [2.05, 4.69) is 26.2 Å². The van der Waals surface area contributed by atoms with Crippen LogP contribution < -0.4 is 5.32 Å². The van der Waals surface area contributed by atoms with Gasteiger partial charge in [-0.05, 0) is 31.2 Å². The minimum Gasteiger partial charge on any atom is -0.301 e. The lowest BCUT2D eigenvalue weighted by molar-refractivity contribution is -0.115. The molecule has 0 fully saturated rings. The van der Waals surface area contributed by atoms with Crippen LogP contribution in [0.15, 0.2) is 29.6 Å². The maximum atomic E-state index is 12.8. The molecule has 1 aromatic carbocycles. The maximum absolute atomic E-state index is 12.8. The molecule has 1 unspecified atom stereocenters. The zero-order valence-electron chi connectivity index (χ0n) is 9.48. The number of alkyl halides is 1. The summed E-state index contributed by atoms with van der Waals surface area (Å²) in [4.78, 5) is 15.5.